The number of hydrogen-bond donors (Lipinski definition) is 1. The summed E-state index contributed by atoms with van der Waals surface area (Å²) in [5, 5.41) is 8.59. The Hall–Kier alpha value is -3.45. The van der Waals surface area contributed by atoms with Gasteiger partial charge in [0.2, 0.25) is 5.91 Å². The van der Waals surface area contributed by atoms with Gasteiger partial charge in [0, 0.05) is 18.1 Å². The Kier molecular flexibility index (Phi) is 6.33. The largest absolute Gasteiger partial charge is 0.332 e. The van der Waals surface area contributed by atoms with Gasteiger partial charge in [-0.05, 0) is 50.5 Å². The first kappa shape index (κ1) is 22.7. The zero-order chi connectivity index (χ0) is 23.7. The molecule has 1 N–H and O–H groups in total. The van der Waals surface area contributed by atoms with Crippen LogP contribution in [0.1, 0.15) is 37.6 Å². The van der Waals surface area contributed by atoms with E-state index in [0.29, 0.717) is 11.4 Å². The van der Waals surface area contributed by atoms with Gasteiger partial charge < -0.3 is 10.2 Å². The summed E-state index contributed by atoms with van der Waals surface area (Å²) in [6.45, 7) is 8.56. The summed E-state index contributed by atoms with van der Waals surface area (Å²) in [4.78, 5) is 28.8. The molecular weight excluding hydrogens is 432 g/mol. The molecule has 4 aromatic rings. The van der Waals surface area contributed by atoms with Gasteiger partial charge in [0.15, 0.2) is 0 Å². The molecule has 0 saturated heterocycles. The van der Waals surface area contributed by atoms with Crippen molar-refractivity contribution in [3.05, 3.63) is 81.4 Å². The zero-order valence-electron chi connectivity index (χ0n) is 19.6. The maximum Gasteiger partial charge on any atom is 0.264 e. The van der Waals surface area contributed by atoms with Crippen LogP contribution < -0.4 is 5.32 Å². The number of likely N-dealkylation sites (N-methyl/N-ethyl adjacent to an activating group) is 1. The van der Waals surface area contributed by atoms with Crippen molar-refractivity contribution in [2.75, 3.05) is 18.9 Å². The van der Waals surface area contributed by atoms with Crippen molar-refractivity contribution in [1.29, 1.82) is 0 Å². The second kappa shape index (κ2) is 9.19. The number of benzene rings is 2. The van der Waals surface area contributed by atoms with E-state index in [1.54, 1.807) is 7.05 Å². The predicted molar refractivity (Wildman–Crippen MR) is 134 cm³/mol. The van der Waals surface area contributed by atoms with Gasteiger partial charge in [0.05, 0.1) is 23.7 Å². The molecule has 2 amide bonds. The van der Waals surface area contributed by atoms with Crippen LogP contribution in [0, 0.1) is 27.7 Å². The molecule has 0 unspecified atom stereocenters. The van der Waals surface area contributed by atoms with Gasteiger partial charge in [-0.15, -0.1) is 11.3 Å². The molecule has 7 heteroatoms. The lowest BCUT2D eigenvalue weighted by atomic mass is 10.1. The average molecular weight is 461 g/mol. The van der Waals surface area contributed by atoms with Gasteiger partial charge in [0.25, 0.3) is 5.91 Å². The number of amides is 2. The second-order valence-corrected chi connectivity index (χ2v) is 9.57. The fourth-order valence-corrected chi connectivity index (χ4v) is 5.27. The molecule has 4 rings (SSSR count). The van der Waals surface area contributed by atoms with E-state index in [1.165, 1.54) is 16.2 Å². The molecule has 0 bridgehead atoms. The molecule has 0 saturated carbocycles. The molecule has 0 radical (unpaired) electrons. The Morgan fingerprint density at radius 3 is 2.36 bits per heavy atom. The van der Waals surface area contributed by atoms with Gasteiger partial charge in [-0.1, -0.05) is 48.0 Å². The van der Waals surface area contributed by atoms with Crippen LogP contribution in [0.3, 0.4) is 0 Å². The van der Waals surface area contributed by atoms with Gasteiger partial charge in [-0.2, -0.15) is 5.10 Å². The number of anilines is 1. The molecule has 33 heavy (non-hydrogen) atoms. The van der Waals surface area contributed by atoms with Crippen molar-refractivity contribution in [2.45, 2.75) is 34.2 Å². The Bertz CT molecular complexity index is 1310. The van der Waals surface area contributed by atoms with E-state index in [-0.39, 0.29) is 18.4 Å². The molecule has 2 aromatic heterocycles. The highest BCUT2D eigenvalue weighted by molar-refractivity contribution is 7.20. The Morgan fingerprint density at radius 2 is 1.70 bits per heavy atom. The van der Waals surface area contributed by atoms with E-state index in [1.807, 2.05) is 68.8 Å². The first-order valence-corrected chi connectivity index (χ1v) is 11.7. The first-order valence-electron chi connectivity index (χ1n) is 10.9. The van der Waals surface area contributed by atoms with E-state index in [0.717, 1.165) is 43.9 Å². The van der Waals surface area contributed by atoms with E-state index in [9.17, 15) is 9.59 Å². The third-order valence-electron chi connectivity index (χ3n) is 5.66. The Morgan fingerprint density at radius 1 is 1.03 bits per heavy atom. The van der Waals surface area contributed by atoms with E-state index in [2.05, 4.69) is 22.5 Å². The van der Waals surface area contributed by atoms with Gasteiger partial charge in [-0.25, -0.2) is 0 Å². The van der Waals surface area contributed by atoms with Crippen LogP contribution in [0.25, 0.3) is 10.2 Å². The molecule has 6 nitrogen and oxygen atoms in total. The highest BCUT2D eigenvalue weighted by Crippen LogP contribution is 2.29. The Labute approximate surface area is 197 Å². The number of nitrogens with zero attached hydrogens (tertiary/aromatic N) is 3. The number of nitrogens with one attached hydrogen (secondary N) is 1. The Balaban J connectivity index is 1.49. The number of thiophene rings is 1. The minimum absolute atomic E-state index is 0.0189. The van der Waals surface area contributed by atoms with Crippen LogP contribution in [-0.4, -0.2) is 40.1 Å². The summed E-state index contributed by atoms with van der Waals surface area (Å²) in [5.41, 5.74) is 6.03. The molecule has 0 aliphatic carbocycles. The number of rotatable bonds is 6. The van der Waals surface area contributed by atoms with Crippen molar-refractivity contribution in [2.24, 2.45) is 0 Å². The summed E-state index contributed by atoms with van der Waals surface area (Å²) in [6.07, 6.45) is 0. The SMILES string of the molecule is Cc1cc(C)c(NC(=O)CN(C)C(=O)c2cc3c(C)nn(Cc4ccccc4)c3s2)c(C)c1. The van der Waals surface area contributed by atoms with Crippen molar-refractivity contribution >= 4 is 39.1 Å². The third kappa shape index (κ3) is 4.83. The number of aryl methyl sites for hydroxylation is 4. The third-order valence-corrected chi connectivity index (χ3v) is 6.80. The van der Waals surface area contributed by atoms with Crippen LogP contribution in [-0.2, 0) is 11.3 Å². The molecule has 2 aromatic carbocycles. The van der Waals surface area contributed by atoms with Crippen molar-refractivity contribution in [1.82, 2.24) is 14.7 Å². The van der Waals surface area contributed by atoms with Gasteiger partial charge in [0.1, 0.15) is 4.83 Å². The molecule has 0 aliphatic heterocycles. The number of aromatic nitrogens is 2. The van der Waals surface area contributed by atoms with Crippen LogP contribution in [0.2, 0.25) is 0 Å². The van der Waals surface area contributed by atoms with Crippen LogP contribution >= 0.6 is 11.3 Å². The van der Waals surface area contributed by atoms with E-state index >= 15 is 0 Å². The number of fused-ring (bicyclic) bond motifs is 1. The summed E-state index contributed by atoms with van der Waals surface area (Å²) in [7, 11) is 1.66. The fraction of sp³-hybridized carbons (Fsp3) is 0.269. The highest BCUT2D eigenvalue weighted by atomic mass is 32.1. The zero-order valence-corrected chi connectivity index (χ0v) is 20.4. The minimum Gasteiger partial charge on any atom is -0.332 e. The quantitative estimate of drug-likeness (QED) is 0.436. The molecule has 0 fully saturated rings. The van der Waals surface area contributed by atoms with Crippen LogP contribution in [0.15, 0.2) is 48.5 Å². The molecule has 0 aliphatic rings. The maximum atomic E-state index is 13.1. The van der Waals surface area contributed by atoms with E-state index < -0.39 is 0 Å². The highest BCUT2D eigenvalue weighted by Gasteiger charge is 2.21. The lowest BCUT2D eigenvalue weighted by molar-refractivity contribution is -0.116. The summed E-state index contributed by atoms with van der Waals surface area (Å²) >= 11 is 1.42. The molecule has 0 spiro atoms. The average Bonchev–Trinajstić information content (AvgIpc) is 3.32. The maximum absolute atomic E-state index is 13.1. The summed E-state index contributed by atoms with van der Waals surface area (Å²) in [6, 6.07) is 16.1. The standard InChI is InChI=1S/C26H28N4O2S/c1-16-11-17(2)24(18(3)12-16)27-23(31)15-29(5)25(32)22-13-21-19(4)28-30(26(21)33-22)14-20-9-7-6-8-10-20/h6-13H,14-15H2,1-5H3,(H,27,31). The van der Waals surface area contributed by atoms with Gasteiger partial charge in [-0.3, -0.25) is 14.3 Å². The van der Waals surface area contributed by atoms with E-state index in [4.69, 9.17) is 0 Å². The summed E-state index contributed by atoms with van der Waals surface area (Å²) in [5.74, 6) is -0.386. The lowest BCUT2D eigenvalue weighted by Crippen LogP contribution is -2.34. The van der Waals surface area contributed by atoms with Gasteiger partial charge >= 0.3 is 0 Å². The van der Waals surface area contributed by atoms with Crippen molar-refractivity contribution in [3.8, 4) is 0 Å². The van der Waals surface area contributed by atoms with Crippen LogP contribution in [0.5, 0.6) is 0 Å². The molecular formula is C26H28N4O2S. The smallest absolute Gasteiger partial charge is 0.264 e. The first-order chi connectivity index (χ1) is 15.7. The second-order valence-electron chi connectivity index (χ2n) is 8.54. The topological polar surface area (TPSA) is 67.2 Å². The predicted octanol–water partition coefficient (Wildman–Crippen LogP) is 5.09. The molecule has 0 atom stereocenters. The summed E-state index contributed by atoms with van der Waals surface area (Å²) < 4.78 is 1.94. The van der Waals surface area contributed by atoms with Crippen LogP contribution in [0.4, 0.5) is 5.69 Å². The number of carbonyl (C=O) groups excluding carboxylic acids is 2. The normalized spacial score (nSPS) is 11.1. The lowest BCUT2D eigenvalue weighted by Gasteiger charge is -2.18. The van der Waals surface area contributed by atoms with Crippen molar-refractivity contribution < 1.29 is 9.59 Å². The molecule has 170 valence electrons. The molecule has 2 heterocycles. The minimum atomic E-state index is -0.214. The van der Waals surface area contributed by atoms with Crippen molar-refractivity contribution in [3.63, 3.8) is 0 Å². The number of hydrogen-bond acceptors (Lipinski definition) is 4. The monoisotopic (exact) mass is 460 g/mol. The fourth-order valence-electron chi connectivity index (χ4n) is 4.11. The number of carbonyl (C=O) groups is 2.